The first kappa shape index (κ1) is 22.1. The number of nitrogens with zero attached hydrogens (tertiary/aromatic N) is 4. The first-order chi connectivity index (χ1) is 14.8. The summed E-state index contributed by atoms with van der Waals surface area (Å²) in [6, 6.07) is 12.4. The highest BCUT2D eigenvalue weighted by molar-refractivity contribution is 7.98. The van der Waals surface area contributed by atoms with Gasteiger partial charge in [0.05, 0.1) is 15.1 Å². The molecule has 164 valence electrons. The molecule has 31 heavy (non-hydrogen) atoms. The number of aromatic nitrogens is 1. The van der Waals surface area contributed by atoms with Crippen molar-refractivity contribution in [3.8, 4) is 0 Å². The average molecular weight is 477 g/mol. The summed E-state index contributed by atoms with van der Waals surface area (Å²) in [6.07, 6.45) is 2.06. The van der Waals surface area contributed by atoms with Gasteiger partial charge in [-0.1, -0.05) is 17.4 Å². The van der Waals surface area contributed by atoms with Crippen molar-refractivity contribution < 1.29 is 13.2 Å². The molecule has 0 saturated carbocycles. The molecule has 3 aromatic rings. The predicted octanol–water partition coefficient (Wildman–Crippen LogP) is 3.23. The van der Waals surface area contributed by atoms with Gasteiger partial charge in [-0.3, -0.25) is 4.79 Å². The molecule has 1 saturated heterocycles. The van der Waals surface area contributed by atoms with Crippen LogP contribution < -0.4 is 4.90 Å². The summed E-state index contributed by atoms with van der Waals surface area (Å²) < 4.78 is 26.8. The van der Waals surface area contributed by atoms with Gasteiger partial charge < -0.3 is 9.80 Å². The Kier molecular flexibility index (Phi) is 6.25. The fourth-order valence-corrected chi connectivity index (χ4v) is 6.05. The summed E-state index contributed by atoms with van der Waals surface area (Å²) in [6.45, 7) is 2.63. The highest BCUT2D eigenvalue weighted by atomic mass is 32.2. The van der Waals surface area contributed by atoms with Crippen molar-refractivity contribution >= 4 is 54.4 Å². The second-order valence-electron chi connectivity index (χ2n) is 7.39. The molecule has 1 aromatic heterocycles. The number of benzene rings is 2. The summed E-state index contributed by atoms with van der Waals surface area (Å²) >= 11 is 3.38. The minimum atomic E-state index is -3.50. The topological polar surface area (TPSA) is 73.8 Å². The highest BCUT2D eigenvalue weighted by Crippen LogP contribution is 2.34. The molecule has 0 aliphatic carbocycles. The number of anilines is 1. The Bertz CT molecular complexity index is 1200. The van der Waals surface area contributed by atoms with E-state index in [0.29, 0.717) is 31.7 Å². The van der Waals surface area contributed by atoms with Crippen LogP contribution in [0, 0.1) is 0 Å². The second-order valence-corrected chi connectivity index (χ2v) is 11.4. The van der Waals surface area contributed by atoms with Gasteiger partial charge in [0.1, 0.15) is 0 Å². The first-order valence-electron chi connectivity index (χ1n) is 9.81. The number of para-hydroxylation sites is 1. The Morgan fingerprint density at radius 3 is 2.35 bits per heavy atom. The van der Waals surface area contributed by atoms with E-state index >= 15 is 0 Å². The molecule has 0 atom stereocenters. The van der Waals surface area contributed by atoms with Gasteiger partial charge in [0.25, 0.3) is 5.91 Å². The molecule has 2 aromatic carbocycles. The van der Waals surface area contributed by atoms with E-state index in [1.807, 2.05) is 4.90 Å². The number of carbonyl (C=O) groups excluding carboxylic acids is 1. The van der Waals surface area contributed by atoms with Crippen molar-refractivity contribution in [3.05, 3.63) is 48.0 Å². The lowest BCUT2D eigenvalue weighted by Crippen LogP contribution is -2.48. The predicted molar refractivity (Wildman–Crippen MR) is 127 cm³/mol. The number of sulfonamides is 1. The normalized spacial score (nSPS) is 15.1. The van der Waals surface area contributed by atoms with E-state index in [1.54, 1.807) is 35.2 Å². The largest absolute Gasteiger partial charge is 0.345 e. The minimum Gasteiger partial charge on any atom is -0.345 e. The molecule has 0 N–H and O–H groups in total. The van der Waals surface area contributed by atoms with Gasteiger partial charge in [-0.2, -0.15) is 0 Å². The van der Waals surface area contributed by atoms with E-state index in [9.17, 15) is 13.2 Å². The van der Waals surface area contributed by atoms with Crippen LogP contribution in [-0.4, -0.2) is 75.0 Å². The van der Waals surface area contributed by atoms with Crippen molar-refractivity contribution in [2.75, 3.05) is 51.4 Å². The zero-order chi connectivity index (χ0) is 22.2. The number of thiazole rings is 1. The van der Waals surface area contributed by atoms with Crippen LogP contribution in [0.3, 0.4) is 0 Å². The van der Waals surface area contributed by atoms with Gasteiger partial charge in [0, 0.05) is 50.7 Å². The third-order valence-electron chi connectivity index (χ3n) is 5.31. The van der Waals surface area contributed by atoms with Crippen LogP contribution in [0.5, 0.6) is 0 Å². The number of hydrogen-bond donors (Lipinski definition) is 0. The summed E-state index contributed by atoms with van der Waals surface area (Å²) in [5.41, 5.74) is 1.54. The molecule has 7 nitrogen and oxygen atoms in total. The SMILES string of the molecule is CSc1cccc2sc(N3CCN(C(=O)c4ccc(S(=O)(=O)N(C)C)cc4)CC3)nc12. The molecule has 0 bridgehead atoms. The first-order valence-corrected chi connectivity index (χ1v) is 13.3. The molecule has 1 aliphatic heterocycles. The molecule has 1 amide bonds. The lowest BCUT2D eigenvalue weighted by molar-refractivity contribution is 0.0746. The number of thioether (sulfide) groups is 1. The van der Waals surface area contributed by atoms with Gasteiger partial charge in [0.15, 0.2) is 5.13 Å². The quantitative estimate of drug-likeness (QED) is 0.527. The molecule has 10 heteroatoms. The van der Waals surface area contributed by atoms with Crippen molar-refractivity contribution in [2.24, 2.45) is 0 Å². The fourth-order valence-electron chi connectivity index (χ4n) is 3.48. The van der Waals surface area contributed by atoms with Crippen LogP contribution in [0.15, 0.2) is 52.3 Å². The zero-order valence-electron chi connectivity index (χ0n) is 17.6. The highest BCUT2D eigenvalue weighted by Gasteiger charge is 2.25. The molecule has 4 rings (SSSR count). The Labute approximate surface area is 190 Å². The number of carbonyl (C=O) groups is 1. The minimum absolute atomic E-state index is 0.0811. The third kappa shape index (κ3) is 4.30. The van der Waals surface area contributed by atoms with Crippen LogP contribution in [0.2, 0.25) is 0 Å². The van der Waals surface area contributed by atoms with Crippen LogP contribution >= 0.6 is 23.1 Å². The third-order valence-corrected chi connectivity index (χ3v) is 8.99. The molecule has 1 fully saturated rings. The molecular formula is C21H24N4O3S3. The number of rotatable bonds is 5. The Morgan fingerprint density at radius 2 is 1.74 bits per heavy atom. The summed E-state index contributed by atoms with van der Waals surface area (Å²) in [4.78, 5) is 23.1. The molecule has 0 spiro atoms. The lowest BCUT2D eigenvalue weighted by Gasteiger charge is -2.34. The van der Waals surface area contributed by atoms with Gasteiger partial charge in [0.2, 0.25) is 10.0 Å². The van der Waals surface area contributed by atoms with Crippen molar-refractivity contribution in [1.82, 2.24) is 14.2 Å². The smallest absolute Gasteiger partial charge is 0.253 e. The summed E-state index contributed by atoms with van der Waals surface area (Å²) in [5.74, 6) is -0.0811. The van der Waals surface area contributed by atoms with Crippen LogP contribution in [0.25, 0.3) is 10.2 Å². The number of piperazine rings is 1. The maximum Gasteiger partial charge on any atom is 0.253 e. The Morgan fingerprint density at radius 1 is 1.06 bits per heavy atom. The van der Waals surface area contributed by atoms with Crippen molar-refractivity contribution in [2.45, 2.75) is 9.79 Å². The monoisotopic (exact) mass is 476 g/mol. The molecular weight excluding hydrogens is 452 g/mol. The van der Waals surface area contributed by atoms with Gasteiger partial charge in [-0.15, -0.1) is 11.8 Å². The molecule has 1 aliphatic rings. The van der Waals surface area contributed by atoms with Crippen LogP contribution in [-0.2, 0) is 10.0 Å². The Hall–Kier alpha value is -2.14. The standard InChI is InChI=1S/C21H24N4O3S3/c1-23(2)31(27,28)16-9-7-15(8-10-16)20(26)24-11-13-25(14-12-24)21-22-19-17(29-3)5-4-6-18(19)30-21/h4-10H,11-14H2,1-3H3. The van der Waals surface area contributed by atoms with E-state index in [2.05, 4.69) is 29.4 Å². The van der Waals surface area contributed by atoms with Gasteiger partial charge in [-0.05, 0) is 42.7 Å². The maximum absolute atomic E-state index is 12.9. The Balaban J connectivity index is 1.43. The van der Waals surface area contributed by atoms with Gasteiger partial charge in [-0.25, -0.2) is 17.7 Å². The van der Waals surface area contributed by atoms with E-state index in [1.165, 1.54) is 35.8 Å². The van der Waals surface area contributed by atoms with E-state index in [0.717, 1.165) is 15.0 Å². The van der Waals surface area contributed by atoms with E-state index in [-0.39, 0.29) is 10.8 Å². The number of amides is 1. The molecule has 0 radical (unpaired) electrons. The van der Waals surface area contributed by atoms with Crippen molar-refractivity contribution in [1.29, 1.82) is 0 Å². The van der Waals surface area contributed by atoms with E-state index in [4.69, 9.17) is 4.98 Å². The summed E-state index contributed by atoms with van der Waals surface area (Å²) in [5, 5.41) is 0.988. The van der Waals surface area contributed by atoms with Crippen LogP contribution in [0.4, 0.5) is 5.13 Å². The zero-order valence-corrected chi connectivity index (χ0v) is 20.1. The van der Waals surface area contributed by atoms with Crippen LogP contribution in [0.1, 0.15) is 10.4 Å². The van der Waals surface area contributed by atoms with Crippen molar-refractivity contribution in [3.63, 3.8) is 0 Å². The number of hydrogen-bond acceptors (Lipinski definition) is 7. The maximum atomic E-state index is 12.9. The fraction of sp³-hybridized carbons (Fsp3) is 0.333. The van der Waals surface area contributed by atoms with E-state index < -0.39 is 10.0 Å². The molecule has 2 heterocycles. The average Bonchev–Trinajstić information content (AvgIpc) is 3.23. The molecule has 0 unspecified atom stereocenters. The second kappa shape index (κ2) is 8.78. The summed E-state index contributed by atoms with van der Waals surface area (Å²) in [7, 11) is -0.529. The van der Waals surface area contributed by atoms with Gasteiger partial charge >= 0.3 is 0 Å². The number of fused-ring (bicyclic) bond motifs is 1. The lowest BCUT2D eigenvalue weighted by atomic mass is 10.2.